The van der Waals surface area contributed by atoms with Crippen LogP contribution in [0.4, 0.5) is 0 Å². The molecule has 1 fully saturated rings. The Kier molecular flexibility index (Phi) is 7.59. The minimum Gasteiger partial charge on any atom is -0.474 e. The molecule has 0 bridgehead atoms. The highest BCUT2D eigenvalue weighted by molar-refractivity contribution is 7.89. The maximum absolute atomic E-state index is 12.0. The molecule has 30 heavy (non-hydrogen) atoms. The second-order valence-corrected chi connectivity index (χ2v) is 8.92. The van der Waals surface area contributed by atoms with Gasteiger partial charge < -0.3 is 10.1 Å². The molecular weight excluding hydrogens is 402 g/mol. The highest BCUT2D eigenvalue weighted by Gasteiger charge is 2.16. The van der Waals surface area contributed by atoms with E-state index in [1.54, 1.807) is 31.3 Å². The predicted octanol–water partition coefficient (Wildman–Crippen LogP) is 3.03. The number of ether oxygens (including phenoxy) is 1. The molecule has 0 unspecified atom stereocenters. The lowest BCUT2D eigenvalue weighted by Crippen LogP contribution is -2.23. The Morgan fingerprint density at radius 3 is 2.53 bits per heavy atom. The van der Waals surface area contributed by atoms with E-state index in [9.17, 15) is 13.2 Å². The number of aromatic nitrogens is 1. The summed E-state index contributed by atoms with van der Waals surface area (Å²) in [5, 5.41) is 2.80. The molecule has 2 aromatic rings. The lowest BCUT2D eigenvalue weighted by molar-refractivity contribution is -0.116. The summed E-state index contributed by atoms with van der Waals surface area (Å²) in [6.07, 6.45) is 9.61. The SMILES string of the molecule is CCNS(=O)(=O)c1ccc(/C=C/C(=O)NCc2ccc(OC3CCCC3)nc2)cc1. The molecule has 2 N–H and O–H groups in total. The number of sulfonamides is 1. The zero-order valence-corrected chi connectivity index (χ0v) is 17.8. The quantitative estimate of drug-likeness (QED) is 0.597. The third-order valence-corrected chi connectivity index (χ3v) is 6.37. The first kappa shape index (κ1) is 22.0. The van der Waals surface area contributed by atoms with Crippen LogP contribution in [0.5, 0.6) is 5.88 Å². The molecule has 7 nitrogen and oxygen atoms in total. The number of hydrogen-bond acceptors (Lipinski definition) is 5. The number of amides is 1. The smallest absolute Gasteiger partial charge is 0.244 e. The summed E-state index contributed by atoms with van der Waals surface area (Å²) in [6.45, 7) is 2.41. The lowest BCUT2D eigenvalue weighted by atomic mass is 10.2. The molecule has 3 rings (SSSR count). The fourth-order valence-electron chi connectivity index (χ4n) is 3.21. The van der Waals surface area contributed by atoms with Crippen LogP contribution in [-0.4, -0.2) is 32.0 Å². The van der Waals surface area contributed by atoms with Crippen LogP contribution in [-0.2, 0) is 21.4 Å². The van der Waals surface area contributed by atoms with Gasteiger partial charge in [-0.05, 0) is 55.0 Å². The van der Waals surface area contributed by atoms with E-state index in [1.807, 2.05) is 12.1 Å². The molecule has 0 atom stereocenters. The molecule has 1 aromatic carbocycles. The molecular formula is C22H27N3O4S. The van der Waals surface area contributed by atoms with Crippen LogP contribution < -0.4 is 14.8 Å². The number of benzene rings is 1. The fraction of sp³-hybridized carbons (Fsp3) is 0.364. The van der Waals surface area contributed by atoms with E-state index in [4.69, 9.17) is 4.74 Å². The third kappa shape index (κ3) is 6.40. The molecule has 8 heteroatoms. The highest BCUT2D eigenvalue weighted by atomic mass is 32.2. The topological polar surface area (TPSA) is 97.4 Å². The second kappa shape index (κ2) is 10.4. The Balaban J connectivity index is 1.47. The summed E-state index contributed by atoms with van der Waals surface area (Å²) < 4.78 is 32.1. The molecule has 160 valence electrons. The van der Waals surface area contributed by atoms with Crippen LogP contribution in [0.3, 0.4) is 0 Å². The predicted molar refractivity (Wildman–Crippen MR) is 115 cm³/mol. The second-order valence-electron chi connectivity index (χ2n) is 7.15. The molecule has 1 amide bonds. The standard InChI is InChI=1S/C22H27N3O4S/c1-2-25-30(27,28)20-11-7-17(8-12-20)9-13-21(26)23-15-18-10-14-22(24-16-18)29-19-5-3-4-6-19/h7-14,16,19,25H,2-6,15H2,1H3,(H,23,26)/b13-9+. The molecule has 1 aromatic heterocycles. The molecule has 1 aliphatic carbocycles. The van der Waals surface area contributed by atoms with Gasteiger partial charge in [0.25, 0.3) is 0 Å². The first-order valence-corrected chi connectivity index (χ1v) is 11.6. The molecule has 0 aliphatic heterocycles. The van der Waals surface area contributed by atoms with Crippen molar-refractivity contribution >= 4 is 22.0 Å². The Morgan fingerprint density at radius 1 is 1.17 bits per heavy atom. The first-order valence-electron chi connectivity index (χ1n) is 10.1. The molecule has 0 spiro atoms. The Bertz CT molecular complexity index is 964. The number of carbonyl (C=O) groups excluding carboxylic acids is 1. The van der Waals surface area contributed by atoms with E-state index < -0.39 is 10.0 Å². The number of carbonyl (C=O) groups is 1. The molecule has 1 aliphatic rings. The van der Waals surface area contributed by atoms with Crippen LogP contribution in [0.1, 0.15) is 43.7 Å². The van der Waals surface area contributed by atoms with Gasteiger partial charge in [-0.1, -0.05) is 25.1 Å². The van der Waals surface area contributed by atoms with E-state index in [1.165, 1.54) is 31.1 Å². The van der Waals surface area contributed by atoms with Gasteiger partial charge in [0.2, 0.25) is 21.8 Å². The number of rotatable bonds is 9. The van der Waals surface area contributed by atoms with E-state index in [-0.39, 0.29) is 16.9 Å². The molecule has 1 saturated carbocycles. The summed E-state index contributed by atoms with van der Waals surface area (Å²) in [6, 6.07) is 10.1. The van der Waals surface area contributed by atoms with Crippen molar-refractivity contribution in [3.05, 3.63) is 59.8 Å². The molecule has 0 saturated heterocycles. The molecule has 0 radical (unpaired) electrons. The Labute approximate surface area is 177 Å². The maximum atomic E-state index is 12.0. The van der Waals surface area contributed by atoms with Gasteiger partial charge in [-0.2, -0.15) is 0 Å². The largest absolute Gasteiger partial charge is 0.474 e. The van der Waals surface area contributed by atoms with Crippen molar-refractivity contribution in [1.82, 2.24) is 15.0 Å². The Morgan fingerprint density at radius 2 is 1.90 bits per heavy atom. The van der Waals surface area contributed by atoms with Gasteiger partial charge in [0.15, 0.2) is 0 Å². The molecule has 1 heterocycles. The Hall–Kier alpha value is -2.71. The number of nitrogens with zero attached hydrogens (tertiary/aromatic N) is 1. The van der Waals surface area contributed by atoms with Crippen molar-refractivity contribution in [2.45, 2.75) is 50.2 Å². The minimum absolute atomic E-state index is 0.193. The average Bonchev–Trinajstić information content (AvgIpc) is 3.25. The van der Waals surface area contributed by atoms with Crippen molar-refractivity contribution in [2.24, 2.45) is 0 Å². The fourth-order valence-corrected chi connectivity index (χ4v) is 4.25. The summed E-state index contributed by atoms with van der Waals surface area (Å²) >= 11 is 0. The average molecular weight is 430 g/mol. The third-order valence-electron chi connectivity index (χ3n) is 4.81. The zero-order valence-electron chi connectivity index (χ0n) is 17.0. The number of pyridine rings is 1. The minimum atomic E-state index is -3.48. The van der Waals surface area contributed by atoms with Crippen molar-refractivity contribution in [2.75, 3.05) is 6.54 Å². The van der Waals surface area contributed by atoms with Crippen LogP contribution in [0, 0.1) is 0 Å². The van der Waals surface area contributed by atoms with Gasteiger partial charge in [0, 0.05) is 31.4 Å². The summed E-state index contributed by atoms with van der Waals surface area (Å²) in [4.78, 5) is 16.6. The van der Waals surface area contributed by atoms with Gasteiger partial charge in [-0.25, -0.2) is 18.1 Å². The van der Waals surface area contributed by atoms with E-state index in [2.05, 4.69) is 15.0 Å². The van der Waals surface area contributed by atoms with E-state index in [0.29, 0.717) is 19.0 Å². The van der Waals surface area contributed by atoms with Gasteiger partial charge in [-0.15, -0.1) is 0 Å². The van der Waals surface area contributed by atoms with E-state index in [0.717, 1.165) is 24.0 Å². The number of nitrogens with one attached hydrogen (secondary N) is 2. The lowest BCUT2D eigenvalue weighted by Gasteiger charge is -2.12. The first-order chi connectivity index (χ1) is 14.5. The van der Waals surface area contributed by atoms with Crippen molar-refractivity contribution in [3.8, 4) is 5.88 Å². The van der Waals surface area contributed by atoms with E-state index >= 15 is 0 Å². The van der Waals surface area contributed by atoms with Gasteiger partial charge in [0.05, 0.1) is 4.90 Å². The van der Waals surface area contributed by atoms with Crippen LogP contribution in [0.15, 0.2) is 53.6 Å². The summed E-state index contributed by atoms with van der Waals surface area (Å²) in [5.74, 6) is 0.377. The van der Waals surface area contributed by atoms with Crippen molar-refractivity contribution in [1.29, 1.82) is 0 Å². The van der Waals surface area contributed by atoms with Gasteiger partial charge in [0.1, 0.15) is 6.10 Å². The highest BCUT2D eigenvalue weighted by Crippen LogP contribution is 2.22. The maximum Gasteiger partial charge on any atom is 0.244 e. The van der Waals surface area contributed by atoms with Crippen molar-refractivity contribution in [3.63, 3.8) is 0 Å². The zero-order chi connectivity index (χ0) is 21.4. The summed E-state index contributed by atoms with van der Waals surface area (Å²) in [5.41, 5.74) is 1.61. The van der Waals surface area contributed by atoms with Gasteiger partial charge >= 0.3 is 0 Å². The monoisotopic (exact) mass is 429 g/mol. The normalized spacial score (nSPS) is 14.8. The van der Waals surface area contributed by atoms with Crippen LogP contribution in [0.2, 0.25) is 0 Å². The van der Waals surface area contributed by atoms with Gasteiger partial charge in [-0.3, -0.25) is 4.79 Å². The summed E-state index contributed by atoms with van der Waals surface area (Å²) in [7, 11) is -3.48. The number of hydrogen-bond donors (Lipinski definition) is 2. The van der Waals surface area contributed by atoms with Crippen LogP contribution in [0.25, 0.3) is 6.08 Å². The van der Waals surface area contributed by atoms with Crippen LogP contribution >= 0.6 is 0 Å². The van der Waals surface area contributed by atoms with Crippen molar-refractivity contribution < 1.29 is 17.9 Å².